The Labute approximate surface area is 96.9 Å². The molecular formula is C14H14OP+. The van der Waals surface area contributed by atoms with Crippen LogP contribution in [0, 0.1) is 13.8 Å². The molecule has 1 nitrogen and oxygen atoms in total. The lowest BCUT2D eigenvalue weighted by molar-refractivity contribution is 0.598. The lowest BCUT2D eigenvalue weighted by Crippen LogP contribution is -2.06. The molecule has 0 saturated carbocycles. The summed E-state index contributed by atoms with van der Waals surface area (Å²) in [6.07, 6.45) is 0. The molecule has 0 aliphatic carbocycles. The Kier molecular flexibility index (Phi) is 3.17. The molecule has 0 N–H and O–H groups in total. The monoisotopic (exact) mass is 229 g/mol. The molecule has 0 aliphatic rings. The van der Waals surface area contributed by atoms with Crippen molar-refractivity contribution in [2.75, 3.05) is 0 Å². The zero-order valence-electron chi connectivity index (χ0n) is 9.47. The van der Waals surface area contributed by atoms with Gasteiger partial charge in [-0.25, -0.2) is 0 Å². The third-order valence-corrected chi connectivity index (χ3v) is 4.07. The fraction of sp³-hybridized carbons (Fsp3) is 0.143. The Morgan fingerprint density at radius 2 is 1.00 bits per heavy atom. The first kappa shape index (κ1) is 11.0. The summed E-state index contributed by atoms with van der Waals surface area (Å²) in [5.74, 6) is 0. The van der Waals surface area contributed by atoms with Gasteiger partial charge in [0.05, 0.1) is 0 Å². The predicted molar refractivity (Wildman–Crippen MR) is 69.2 cm³/mol. The molecule has 16 heavy (non-hydrogen) atoms. The topological polar surface area (TPSA) is 17.1 Å². The van der Waals surface area contributed by atoms with Gasteiger partial charge in [0.15, 0.2) is 10.6 Å². The van der Waals surface area contributed by atoms with Gasteiger partial charge in [-0.05, 0) is 38.1 Å². The standard InChI is InChI=1S/C14H14OP/c1-11-3-7-13(8-4-11)16(15)14-9-5-12(2)6-10-14/h3-10H,1-2H3/q+1. The van der Waals surface area contributed by atoms with E-state index >= 15 is 0 Å². The van der Waals surface area contributed by atoms with Crippen LogP contribution in [0.5, 0.6) is 0 Å². The first-order chi connectivity index (χ1) is 7.66. The summed E-state index contributed by atoms with van der Waals surface area (Å²) in [5.41, 5.74) is 2.38. The maximum atomic E-state index is 12.2. The van der Waals surface area contributed by atoms with Crippen molar-refractivity contribution in [2.45, 2.75) is 13.8 Å². The Morgan fingerprint density at radius 1 is 0.688 bits per heavy atom. The summed E-state index contributed by atoms with van der Waals surface area (Å²) in [6.45, 7) is 4.06. The van der Waals surface area contributed by atoms with E-state index in [-0.39, 0.29) is 0 Å². The highest BCUT2D eigenvalue weighted by atomic mass is 31.1. The minimum absolute atomic E-state index is 0.893. The predicted octanol–water partition coefficient (Wildman–Crippen LogP) is 3.08. The van der Waals surface area contributed by atoms with Gasteiger partial charge in [-0.2, -0.15) is 0 Å². The van der Waals surface area contributed by atoms with Crippen LogP contribution >= 0.6 is 7.80 Å². The molecule has 0 bridgehead atoms. The van der Waals surface area contributed by atoms with Gasteiger partial charge in [0.1, 0.15) is 0 Å². The second-order valence-electron chi connectivity index (χ2n) is 3.97. The first-order valence-corrected chi connectivity index (χ1v) is 6.53. The number of rotatable bonds is 2. The van der Waals surface area contributed by atoms with Crippen molar-refractivity contribution in [3.8, 4) is 0 Å². The number of benzene rings is 2. The summed E-state index contributed by atoms with van der Waals surface area (Å²) >= 11 is 0. The van der Waals surface area contributed by atoms with Crippen LogP contribution in [0.15, 0.2) is 48.5 Å². The fourth-order valence-corrected chi connectivity index (χ4v) is 2.65. The number of hydrogen-bond donors (Lipinski definition) is 0. The van der Waals surface area contributed by atoms with Gasteiger partial charge in [-0.3, -0.25) is 0 Å². The van der Waals surface area contributed by atoms with Crippen LogP contribution in [0.4, 0.5) is 0 Å². The molecule has 0 atom stereocenters. The molecule has 80 valence electrons. The maximum Gasteiger partial charge on any atom is 0.415 e. The third kappa shape index (κ3) is 2.37. The van der Waals surface area contributed by atoms with Crippen LogP contribution < -0.4 is 10.6 Å². The van der Waals surface area contributed by atoms with Crippen molar-refractivity contribution in [3.05, 3.63) is 59.7 Å². The molecule has 0 aromatic heterocycles. The van der Waals surface area contributed by atoms with E-state index in [1.165, 1.54) is 11.1 Å². The lowest BCUT2D eigenvalue weighted by atomic mass is 10.2. The Bertz CT molecular complexity index is 450. The molecule has 0 unspecified atom stereocenters. The van der Waals surface area contributed by atoms with Gasteiger partial charge >= 0.3 is 7.80 Å². The average molecular weight is 229 g/mol. The maximum absolute atomic E-state index is 12.2. The van der Waals surface area contributed by atoms with Crippen molar-refractivity contribution < 1.29 is 4.57 Å². The molecule has 2 rings (SSSR count). The Morgan fingerprint density at radius 3 is 1.31 bits per heavy atom. The largest absolute Gasteiger partial charge is 0.415 e. The highest BCUT2D eigenvalue weighted by molar-refractivity contribution is 7.61. The molecule has 2 aromatic carbocycles. The van der Waals surface area contributed by atoms with Crippen molar-refractivity contribution in [2.24, 2.45) is 0 Å². The number of hydrogen-bond acceptors (Lipinski definition) is 1. The van der Waals surface area contributed by atoms with Gasteiger partial charge < -0.3 is 0 Å². The molecule has 0 aliphatic heterocycles. The molecule has 0 heterocycles. The molecule has 2 heteroatoms. The van der Waals surface area contributed by atoms with Crippen LogP contribution in [0.1, 0.15) is 11.1 Å². The van der Waals surface area contributed by atoms with Crippen LogP contribution in [-0.4, -0.2) is 0 Å². The lowest BCUT2D eigenvalue weighted by Gasteiger charge is -1.92. The Balaban J connectivity index is 2.32. The zero-order valence-corrected chi connectivity index (χ0v) is 10.4. The fourth-order valence-electron chi connectivity index (χ4n) is 1.51. The quantitative estimate of drug-likeness (QED) is 0.723. The summed E-state index contributed by atoms with van der Waals surface area (Å²) in [5, 5.41) is 1.79. The van der Waals surface area contributed by atoms with E-state index in [1.54, 1.807) is 0 Å². The van der Waals surface area contributed by atoms with E-state index < -0.39 is 7.80 Å². The third-order valence-electron chi connectivity index (χ3n) is 2.54. The van der Waals surface area contributed by atoms with Crippen LogP contribution in [0.3, 0.4) is 0 Å². The summed E-state index contributed by atoms with van der Waals surface area (Å²) in [6, 6.07) is 15.7. The van der Waals surface area contributed by atoms with Gasteiger partial charge in [0.2, 0.25) is 0 Å². The van der Waals surface area contributed by atoms with Crippen molar-refractivity contribution >= 4 is 18.4 Å². The van der Waals surface area contributed by atoms with E-state index in [0.717, 1.165) is 10.6 Å². The molecule has 2 aromatic rings. The van der Waals surface area contributed by atoms with E-state index in [4.69, 9.17) is 0 Å². The smallest absolute Gasteiger partial charge is 0.0613 e. The van der Waals surface area contributed by atoms with E-state index in [1.807, 2.05) is 62.4 Å². The van der Waals surface area contributed by atoms with E-state index in [9.17, 15) is 4.57 Å². The van der Waals surface area contributed by atoms with E-state index in [2.05, 4.69) is 0 Å². The molecule has 0 fully saturated rings. The minimum atomic E-state index is -1.45. The zero-order chi connectivity index (χ0) is 11.5. The Hall–Kier alpha value is -1.46. The van der Waals surface area contributed by atoms with Gasteiger partial charge in [-0.1, -0.05) is 40.0 Å². The van der Waals surface area contributed by atoms with Gasteiger partial charge in [-0.15, -0.1) is 0 Å². The normalized spacial score (nSPS) is 10.1. The van der Waals surface area contributed by atoms with Crippen molar-refractivity contribution in [1.29, 1.82) is 0 Å². The first-order valence-electron chi connectivity index (χ1n) is 5.27. The minimum Gasteiger partial charge on any atom is -0.0613 e. The second-order valence-corrected chi connectivity index (χ2v) is 5.59. The summed E-state index contributed by atoms with van der Waals surface area (Å²) < 4.78 is 12.2. The highest BCUT2D eigenvalue weighted by Gasteiger charge is 2.22. The molecule has 0 saturated heterocycles. The highest BCUT2D eigenvalue weighted by Crippen LogP contribution is 2.19. The molecular weight excluding hydrogens is 215 g/mol. The molecule has 0 radical (unpaired) electrons. The summed E-state index contributed by atoms with van der Waals surface area (Å²) in [7, 11) is -1.45. The van der Waals surface area contributed by atoms with Crippen molar-refractivity contribution in [3.63, 3.8) is 0 Å². The van der Waals surface area contributed by atoms with Crippen molar-refractivity contribution in [1.82, 2.24) is 0 Å². The van der Waals surface area contributed by atoms with Crippen LogP contribution in [0.2, 0.25) is 0 Å². The van der Waals surface area contributed by atoms with Crippen LogP contribution in [-0.2, 0) is 4.57 Å². The summed E-state index contributed by atoms with van der Waals surface area (Å²) in [4.78, 5) is 0. The van der Waals surface area contributed by atoms with Gasteiger partial charge in [0.25, 0.3) is 0 Å². The van der Waals surface area contributed by atoms with Crippen LogP contribution in [0.25, 0.3) is 0 Å². The SMILES string of the molecule is Cc1ccc([P+](=O)c2ccc(C)cc2)cc1. The van der Waals surface area contributed by atoms with E-state index in [0.29, 0.717) is 0 Å². The molecule has 0 spiro atoms. The molecule has 0 amide bonds. The number of aryl methyl sites for hydroxylation is 2. The second kappa shape index (κ2) is 4.59. The average Bonchev–Trinajstić information content (AvgIpc) is 2.30. The van der Waals surface area contributed by atoms with Gasteiger partial charge in [0, 0.05) is 0 Å².